The Bertz CT molecular complexity index is 919. The highest BCUT2D eigenvalue weighted by atomic mass is 16.7. The van der Waals surface area contributed by atoms with Crippen molar-refractivity contribution in [2.24, 2.45) is 0 Å². The van der Waals surface area contributed by atoms with E-state index in [2.05, 4.69) is 11.9 Å². The molecule has 1 amide bonds. The second kappa shape index (κ2) is 9.81. The zero-order valence-corrected chi connectivity index (χ0v) is 17.5. The van der Waals surface area contributed by atoms with Crippen LogP contribution in [0.5, 0.6) is 0 Å². The van der Waals surface area contributed by atoms with Crippen molar-refractivity contribution >= 4 is 6.09 Å². The summed E-state index contributed by atoms with van der Waals surface area (Å²) in [6.07, 6.45) is -4.25. The van der Waals surface area contributed by atoms with Gasteiger partial charge in [0, 0.05) is 5.92 Å². The molecule has 1 fully saturated rings. The number of hydrogen-bond donors (Lipinski definition) is 4. The van der Waals surface area contributed by atoms with Gasteiger partial charge in [-0.25, -0.2) is 4.79 Å². The van der Waals surface area contributed by atoms with Crippen molar-refractivity contribution in [2.75, 3.05) is 19.8 Å². The third-order valence-electron chi connectivity index (χ3n) is 5.89. The summed E-state index contributed by atoms with van der Waals surface area (Å²) in [5.74, 6) is -0.113. The number of rotatable bonds is 7. The predicted molar refractivity (Wildman–Crippen MR) is 116 cm³/mol. The summed E-state index contributed by atoms with van der Waals surface area (Å²) in [7, 11) is 0. The monoisotopic (exact) mass is 441 g/mol. The average Bonchev–Trinajstić information content (AvgIpc) is 3.14. The second-order valence-corrected chi connectivity index (χ2v) is 7.82. The molecule has 0 aromatic heterocycles. The molecule has 8 nitrogen and oxygen atoms in total. The van der Waals surface area contributed by atoms with Crippen LogP contribution in [0.25, 0.3) is 11.1 Å². The summed E-state index contributed by atoms with van der Waals surface area (Å²) in [5.41, 5.74) is 4.39. The van der Waals surface area contributed by atoms with E-state index in [0.717, 1.165) is 22.3 Å². The summed E-state index contributed by atoms with van der Waals surface area (Å²) in [6.45, 7) is 3.24. The summed E-state index contributed by atoms with van der Waals surface area (Å²) in [6, 6.07) is 14.9. The molecular formula is C24H27NO7. The SMILES string of the molecule is C=CCO[C@H]1O[C@H](CO)[C@@H](O)[C@H](O)[C@H]1NC(=O)OCC1c2ccccc2-c2ccccc21. The van der Waals surface area contributed by atoms with Crippen molar-refractivity contribution < 1.29 is 34.3 Å². The number of amides is 1. The predicted octanol–water partition coefficient (Wildman–Crippen LogP) is 1.54. The van der Waals surface area contributed by atoms with E-state index in [1.54, 1.807) is 0 Å². The minimum absolute atomic E-state index is 0.0918. The molecule has 0 spiro atoms. The molecule has 4 rings (SSSR count). The van der Waals surface area contributed by atoms with Crippen LogP contribution in [0, 0.1) is 0 Å². The Morgan fingerprint density at radius 1 is 1.06 bits per heavy atom. The Morgan fingerprint density at radius 3 is 2.28 bits per heavy atom. The molecule has 1 saturated heterocycles. The molecule has 170 valence electrons. The van der Waals surface area contributed by atoms with Crippen LogP contribution in [0.1, 0.15) is 17.0 Å². The Morgan fingerprint density at radius 2 is 1.69 bits per heavy atom. The third kappa shape index (κ3) is 4.28. The van der Waals surface area contributed by atoms with Crippen LogP contribution in [-0.2, 0) is 14.2 Å². The van der Waals surface area contributed by atoms with Crippen molar-refractivity contribution in [1.82, 2.24) is 5.32 Å². The molecule has 2 aromatic carbocycles. The molecule has 0 unspecified atom stereocenters. The van der Waals surface area contributed by atoms with Crippen LogP contribution >= 0.6 is 0 Å². The van der Waals surface area contributed by atoms with E-state index >= 15 is 0 Å². The summed E-state index contributed by atoms with van der Waals surface area (Å²) >= 11 is 0. The van der Waals surface area contributed by atoms with Crippen LogP contribution in [0.15, 0.2) is 61.2 Å². The molecule has 32 heavy (non-hydrogen) atoms. The lowest BCUT2D eigenvalue weighted by molar-refractivity contribution is -0.266. The Labute approximate surface area is 186 Å². The molecule has 2 aliphatic rings. The first-order chi connectivity index (χ1) is 15.5. The highest BCUT2D eigenvalue weighted by Crippen LogP contribution is 2.44. The highest BCUT2D eigenvalue weighted by Gasteiger charge is 2.46. The first-order valence-electron chi connectivity index (χ1n) is 10.5. The first-order valence-corrected chi connectivity index (χ1v) is 10.5. The number of benzene rings is 2. The Balaban J connectivity index is 1.44. The number of ether oxygens (including phenoxy) is 3. The maximum atomic E-state index is 12.6. The average molecular weight is 441 g/mol. The molecule has 0 saturated carbocycles. The topological polar surface area (TPSA) is 117 Å². The van der Waals surface area contributed by atoms with Gasteiger partial charge in [0.25, 0.3) is 0 Å². The fourth-order valence-corrected chi connectivity index (χ4v) is 4.32. The number of nitrogens with one attached hydrogen (secondary N) is 1. The lowest BCUT2D eigenvalue weighted by Crippen LogP contribution is -2.64. The molecule has 0 radical (unpaired) electrons. The second-order valence-electron chi connectivity index (χ2n) is 7.82. The quantitative estimate of drug-likeness (QED) is 0.482. The van der Waals surface area contributed by atoms with Gasteiger partial charge in [0.05, 0.1) is 13.2 Å². The fourth-order valence-electron chi connectivity index (χ4n) is 4.32. The molecule has 5 atom stereocenters. The van der Waals surface area contributed by atoms with Gasteiger partial charge in [0.1, 0.15) is 31.0 Å². The minimum atomic E-state index is -1.42. The number of hydrogen-bond acceptors (Lipinski definition) is 7. The van der Waals surface area contributed by atoms with E-state index in [0.29, 0.717) is 0 Å². The number of carbonyl (C=O) groups excluding carboxylic acids is 1. The molecule has 1 aliphatic heterocycles. The molecular weight excluding hydrogens is 414 g/mol. The van der Waals surface area contributed by atoms with Crippen molar-refractivity contribution in [1.29, 1.82) is 0 Å². The van der Waals surface area contributed by atoms with Gasteiger partial charge in [-0.05, 0) is 22.3 Å². The zero-order chi connectivity index (χ0) is 22.7. The maximum Gasteiger partial charge on any atom is 0.407 e. The molecule has 1 aliphatic carbocycles. The van der Waals surface area contributed by atoms with Gasteiger partial charge in [-0.15, -0.1) is 6.58 Å². The smallest absolute Gasteiger partial charge is 0.407 e. The lowest BCUT2D eigenvalue weighted by Gasteiger charge is -2.41. The Hall–Kier alpha value is -2.75. The van der Waals surface area contributed by atoms with Gasteiger partial charge >= 0.3 is 6.09 Å². The van der Waals surface area contributed by atoms with Crippen LogP contribution in [0.3, 0.4) is 0 Å². The largest absolute Gasteiger partial charge is 0.449 e. The van der Waals surface area contributed by atoms with Crippen LogP contribution in [0.4, 0.5) is 4.79 Å². The number of carbonyl (C=O) groups is 1. The molecule has 4 N–H and O–H groups in total. The van der Waals surface area contributed by atoms with Crippen molar-refractivity contribution in [3.8, 4) is 11.1 Å². The zero-order valence-electron chi connectivity index (χ0n) is 17.5. The summed E-state index contributed by atoms with van der Waals surface area (Å²) < 4.78 is 16.5. The number of aliphatic hydroxyl groups is 3. The molecule has 8 heteroatoms. The van der Waals surface area contributed by atoms with Crippen molar-refractivity contribution in [2.45, 2.75) is 36.6 Å². The highest BCUT2D eigenvalue weighted by molar-refractivity contribution is 5.79. The van der Waals surface area contributed by atoms with Gasteiger partial charge < -0.3 is 34.8 Å². The van der Waals surface area contributed by atoms with Crippen molar-refractivity contribution in [3.63, 3.8) is 0 Å². The molecule has 1 heterocycles. The van der Waals surface area contributed by atoms with E-state index < -0.39 is 43.3 Å². The maximum absolute atomic E-state index is 12.6. The van der Waals surface area contributed by atoms with Gasteiger partial charge in [-0.3, -0.25) is 0 Å². The standard InChI is InChI=1S/C24H27NO7/c1-2-11-30-23-20(22(28)21(27)19(12-26)32-23)25-24(29)31-13-18-16-9-5-3-7-14(16)15-8-4-6-10-17(15)18/h2-10,18-23,26-28H,1,11-13H2,(H,25,29)/t19-,20-,21-,22-,23+/m1/s1. The van der Waals surface area contributed by atoms with E-state index in [1.807, 2.05) is 48.5 Å². The van der Waals surface area contributed by atoms with Crippen LogP contribution in [0.2, 0.25) is 0 Å². The minimum Gasteiger partial charge on any atom is -0.449 e. The Kier molecular flexibility index (Phi) is 6.88. The normalized spacial score (nSPS) is 26.8. The van der Waals surface area contributed by atoms with E-state index in [4.69, 9.17) is 14.2 Å². The van der Waals surface area contributed by atoms with Gasteiger partial charge in [-0.1, -0.05) is 54.6 Å². The summed E-state index contributed by atoms with van der Waals surface area (Å²) in [4.78, 5) is 12.6. The lowest BCUT2D eigenvalue weighted by atomic mass is 9.97. The van der Waals surface area contributed by atoms with Crippen molar-refractivity contribution in [3.05, 3.63) is 72.3 Å². The van der Waals surface area contributed by atoms with Gasteiger partial charge in [0.2, 0.25) is 0 Å². The molecule has 2 aromatic rings. The van der Waals surface area contributed by atoms with Gasteiger partial charge in [-0.2, -0.15) is 0 Å². The van der Waals surface area contributed by atoms with E-state index in [9.17, 15) is 20.1 Å². The van der Waals surface area contributed by atoms with Gasteiger partial charge in [0.15, 0.2) is 6.29 Å². The fraction of sp³-hybridized carbons (Fsp3) is 0.375. The van der Waals surface area contributed by atoms with E-state index in [-0.39, 0.29) is 19.1 Å². The van der Waals surface area contributed by atoms with Crippen LogP contribution in [-0.4, -0.2) is 71.9 Å². The van der Waals surface area contributed by atoms with Crippen LogP contribution < -0.4 is 5.32 Å². The molecule has 0 bridgehead atoms. The number of aliphatic hydroxyl groups excluding tert-OH is 3. The first kappa shape index (κ1) is 22.4. The summed E-state index contributed by atoms with van der Waals surface area (Å²) in [5, 5.41) is 32.6. The van der Waals surface area contributed by atoms with E-state index in [1.165, 1.54) is 6.08 Å². The number of fused-ring (bicyclic) bond motifs is 3. The third-order valence-corrected chi connectivity index (χ3v) is 5.89. The number of alkyl carbamates (subject to hydrolysis) is 1.